The maximum Gasteiger partial charge on any atom is 0.250 e. The molecular weight excluding hydrogens is 674 g/mol. The van der Waals surface area contributed by atoms with Crippen LogP contribution in [0.1, 0.15) is 12.8 Å². The molecule has 0 radical (unpaired) electrons. The molecule has 50 heavy (non-hydrogen) atoms. The minimum atomic E-state index is -1.69. The Morgan fingerprint density at radius 1 is 0.760 bits per heavy atom. The highest BCUT2D eigenvalue weighted by molar-refractivity contribution is 5.81. The van der Waals surface area contributed by atoms with Gasteiger partial charge in [-0.15, -0.1) is 0 Å². The van der Waals surface area contributed by atoms with Gasteiger partial charge < -0.3 is 109 Å². The predicted octanol–water partition coefficient (Wildman–Crippen LogP) is -9.77. The summed E-state index contributed by atoms with van der Waals surface area (Å²) in [6.45, 7) is -1.05. The van der Waals surface area contributed by atoms with Crippen LogP contribution in [0.25, 0.3) is 0 Å². The maximum absolute atomic E-state index is 12.5. The molecule has 0 spiro atoms. The number of amides is 1. The molecule has 0 aromatic carbocycles. The largest absolute Gasteiger partial charge is 0.395 e. The zero-order valence-corrected chi connectivity index (χ0v) is 27.4. The van der Waals surface area contributed by atoms with E-state index in [4.69, 9.17) is 62.2 Å². The molecule has 4 aliphatic rings. The van der Waals surface area contributed by atoms with Crippen molar-refractivity contribution < 1.29 is 74.1 Å². The summed E-state index contributed by atoms with van der Waals surface area (Å²) >= 11 is 0. The molecule has 1 saturated carbocycles. The van der Waals surface area contributed by atoms with Gasteiger partial charge in [0.2, 0.25) is 5.91 Å². The lowest BCUT2D eigenvalue weighted by Gasteiger charge is -2.47. The first-order valence-electron chi connectivity index (χ1n) is 16.7. The molecule has 292 valence electrons. The molecule has 22 heteroatoms. The van der Waals surface area contributed by atoms with Crippen molar-refractivity contribution in [2.45, 2.75) is 129 Å². The number of nitrogens with one attached hydrogen (secondary N) is 2. The van der Waals surface area contributed by atoms with Crippen LogP contribution >= 0.6 is 0 Å². The SMILES string of the molecule is NC[C@@H]1O[C@H](O[C@H]2[C@@H](O)[C@H](O[C@@H]3[C@@H](O)[C@H](NC(=O)[C@@H](O)CN)C[C@H](N)[C@H]3O[C@H]3O[C@H](CNCCO)[C@@H](O)C[C@H]3N)O[C@@H]2CO)[C@H](N)[C@@H](O)[C@@H]1O. The molecule has 4 rings (SSSR count). The summed E-state index contributed by atoms with van der Waals surface area (Å²) in [5.41, 5.74) is 29.8. The number of rotatable bonds is 15. The fraction of sp³-hybridized carbons (Fsp3) is 0.964. The second-order valence-electron chi connectivity index (χ2n) is 13.0. The Hall–Kier alpha value is -1.33. The van der Waals surface area contributed by atoms with E-state index in [-0.39, 0.29) is 39.1 Å². The van der Waals surface area contributed by atoms with Crippen molar-refractivity contribution in [2.75, 3.05) is 39.4 Å². The number of ether oxygens (including phenoxy) is 6. The van der Waals surface area contributed by atoms with Crippen molar-refractivity contribution in [3.63, 3.8) is 0 Å². The lowest BCUT2D eigenvalue weighted by molar-refractivity contribution is -0.296. The fourth-order valence-corrected chi connectivity index (χ4v) is 6.51. The molecule has 0 aromatic heterocycles. The number of aliphatic hydroxyl groups excluding tert-OH is 8. The second kappa shape index (κ2) is 18.6. The number of aliphatic hydroxyl groups is 8. The summed E-state index contributed by atoms with van der Waals surface area (Å²) in [5.74, 6) is -0.885. The van der Waals surface area contributed by atoms with Crippen LogP contribution in [0, 0.1) is 0 Å². The first kappa shape index (κ1) is 41.4. The van der Waals surface area contributed by atoms with Crippen molar-refractivity contribution in [3.8, 4) is 0 Å². The number of nitrogens with two attached hydrogens (primary N) is 5. The third-order valence-corrected chi connectivity index (χ3v) is 9.43. The van der Waals surface area contributed by atoms with Gasteiger partial charge in [0.15, 0.2) is 18.9 Å². The second-order valence-corrected chi connectivity index (χ2v) is 13.0. The van der Waals surface area contributed by atoms with Gasteiger partial charge in [-0.1, -0.05) is 0 Å². The van der Waals surface area contributed by atoms with Crippen molar-refractivity contribution >= 4 is 5.91 Å². The van der Waals surface area contributed by atoms with Crippen molar-refractivity contribution in [1.82, 2.24) is 10.6 Å². The van der Waals surface area contributed by atoms with Gasteiger partial charge in [-0.25, -0.2) is 0 Å². The molecule has 0 unspecified atom stereocenters. The van der Waals surface area contributed by atoms with Crippen LogP contribution in [0.5, 0.6) is 0 Å². The van der Waals surface area contributed by atoms with Gasteiger partial charge in [0, 0.05) is 32.2 Å². The van der Waals surface area contributed by atoms with E-state index >= 15 is 0 Å². The summed E-state index contributed by atoms with van der Waals surface area (Å²) in [7, 11) is 0. The van der Waals surface area contributed by atoms with E-state index in [0.717, 1.165) is 0 Å². The summed E-state index contributed by atoms with van der Waals surface area (Å²) in [6.07, 6.45) is -20.2. The van der Waals surface area contributed by atoms with Gasteiger partial charge in [-0.2, -0.15) is 0 Å². The van der Waals surface area contributed by atoms with Crippen LogP contribution in [-0.4, -0.2) is 202 Å². The molecule has 3 saturated heterocycles. The smallest absolute Gasteiger partial charge is 0.250 e. The average Bonchev–Trinajstić information content (AvgIpc) is 3.39. The van der Waals surface area contributed by atoms with Crippen LogP contribution in [0.2, 0.25) is 0 Å². The zero-order chi connectivity index (χ0) is 36.9. The number of hydrogen-bond acceptors (Lipinski definition) is 21. The van der Waals surface area contributed by atoms with Gasteiger partial charge in [-0.05, 0) is 12.8 Å². The number of carbonyl (C=O) groups is 1. The first-order chi connectivity index (χ1) is 23.8. The first-order valence-corrected chi connectivity index (χ1v) is 16.7. The molecule has 1 aliphatic carbocycles. The van der Waals surface area contributed by atoms with Gasteiger partial charge in [0.05, 0.1) is 43.5 Å². The lowest BCUT2D eigenvalue weighted by Crippen LogP contribution is -2.67. The van der Waals surface area contributed by atoms with Gasteiger partial charge in [0.1, 0.15) is 61.0 Å². The quantitative estimate of drug-likeness (QED) is 0.0696. The van der Waals surface area contributed by atoms with Crippen molar-refractivity contribution in [2.24, 2.45) is 28.7 Å². The molecular formula is C28H55N7O15. The van der Waals surface area contributed by atoms with E-state index in [0.29, 0.717) is 0 Å². The molecule has 3 heterocycles. The number of carbonyl (C=O) groups excluding carboxylic acids is 1. The summed E-state index contributed by atoms with van der Waals surface area (Å²) in [6, 6.07) is -4.26. The van der Waals surface area contributed by atoms with Crippen LogP contribution < -0.4 is 39.3 Å². The van der Waals surface area contributed by atoms with E-state index < -0.39 is 135 Å². The van der Waals surface area contributed by atoms with E-state index in [1.807, 2.05) is 0 Å². The van der Waals surface area contributed by atoms with E-state index in [9.17, 15) is 40.5 Å². The van der Waals surface area contributed by atoms with Gasteiger partial charge >= 0.3 is 0 Å². The summed E-state index contributed by atoms with van der Waals surface area (Å²) < 4.78 is 35.5. The van der Waals surface area contributed by atoms with E-state index in [2.05, 4.69) is 10.6 Å². The Morgan fingerprint density at radius 2 is 1.40 bits per heavy atom. The Bertz CT molecular complexity index is 1060. The lowest BCUT2D eigenvalue weighted by atomic mass is 9.83. The topological polar surface area (TPSA) is 388 Å². The third kappa shape index (κ3) is 9.42. The molecule has 20 N–H and O–H groups in total. The molecule has 1 amide bonds. The average molecular weight is 730 g/mol. The summed E-state index contributed by atoms with van der Waals surface area (Å²) in [5, 5.41) is 88.6. The van der Waals surface area contributed by atoms with Crippen LogP contribution in [0.4, 0.5) is 0 Å². The molecule has 0 bridgehead atoms. The Kier molecular flexibility index (Phi) is 15.4. The monoisotopic (exact) mass is 729 g/mol. The highest BCUT2D eigenvalue weighted by Crippen LogP contribution is 2.34. The molecule has 3 aliphatic heterocycles. The van der Waals surface area contributed by atoms with E-state index in [1.54, 1.807) is 0 Å². The van der Waals surface area contributed by atoms with Gasteiger partial charge in [0.25, 0.3) is 0 Å². The minimum Gasteiger partial charge on any atom is -0.395 e. The Balaban J connectivity index is 1.55. The highest BCUT2D eigenvalue weighted by atomic mass is 16.8. The van der Waals surface area contributed by atoms with E-state index in [1.165, 1.54) is 0 Å². The van der Waals surface area contributed by atoms with Crippen LogP contribution in [-0.2, 0) is 33.2 Å². The van der Waals surface area contributed by atoms with Crippen molar-refractivity contribution in [3.05, 3.63) is 0 Å². The predicted molar refractivity (Wildman–Crippen MR) is 167 cm³/mol. The van der Waals surface area contributed by atoms with Crippen molar-refractivity contribution in [1.29, 1.82) is 0 Å². The van der Waals surface area contributed by atoms with Gasteiger partial charge in [-0.3, -0.25) is 4.79 Å². The molecule has 19 atom stereocenters. The fourth-order valence-electron chi connectivity index (χ4n) is 6.51. The zero-order valence-electron chi connectivity index (χ0n) is 27.4. The normalized spacial score (nSPS) is 46.1. The Morgan fingerprint density at radius 3 is 2.04 bits per heavy atom. The van der Waals surface area contributed by atoms with Crippen LogP contribution in [0.3, 0.4) is 0 Å². The third-order valence-electron chi connectivity index (χ3n) is 9.43. The highest BCUT2D eigenvalue weighted by Gasteiger charge is 2.54. The van der Waals surface area contributed by atoms with Crippen LogP contribution in [0.15, 0.2) is 0 Å². The molecule has 4 fully saturated rings. The summed E-state index contributed by atoms with van der Waals surface area (Å²) in [4.78, 5) is 12.5. The number of hydrogen-bond donors (Lipinski definition) is 15. The maximum atomic E-state index is 12.5. The Labute approximate surface area is 288 Å². The standard InChI is InChI=1S/C28H55N7O15/c29-5-13(39)25(44)35-11-3-9(31)22(48-26-10(32)4-12(38)15(46-26)7-34-1-2-36)24(18(11)40)50-28-21(43)23(16(8-37)47-28)49-27-17(33)20(42)19(41)14(6-30)45-27/h9-24,26-28,34,36-43H,1-8,29-33H2,(H,35,44)/t9-,10+,11+,12-,13-,14-,15+,16+,17+,18-,19+,20+,21+,22+,23+,24+,26+,27+,28-/m0/s1. The molecule has 0 aromatic rings. The minimum absolute atomic E-state index is 0.0611. The molecule has 22 nitrogen and oxygen atoms in total.